The van der Waals surface area contributed by atoms with Crippen LogP contribution in [0.25, 0.3) is 0 Å². The van der Waals surface area contributed by atoms with Crippen LogP contribution in [0.5, 0.6) is 0 Å². The maximum Gasteiger partial charge on any atom is 0.180 e. The van der Waals surface area contributed by atoms with Gasteiger partial charge in [-0.3, -0.25) is 4.79 Å². The molecule has 0 N–H and O–H groups in total. The molecular weight excluding hydrogens is 239 g/mol. The van der Waals surface area contributed by atoms with E-state index in [4.69, 9.17) is 0 Å². The van der Waals surface area contributed by atoms with E-state index in [0.29, 0.717) is 10.6 Å². The van der Waals surface area contributed by atoms with Gasteiger partial charge in [-0.25, -0.2) is 4.39 Å². The van der Waals surface area contributed by atoms with Gasteiger partial charge < -0.3 is 0 Å². The SMILES string of the molecule is Cc1cc(F)ccc1CC(=O)c1snnc1C. The van der Waals surface area contributed by atoms with Crippen molar-refractivity contribution in [2.45, 2.75) is 20.3 Å². The Hall–Kier alpha value is -1.62. The van der Waals surface area contributed by atoms with Crippen molar-refractivity contribution in [3.05, 3.63) is 45.7 Å². The van der Waals surface area contributed by atoms with Crippen molar-refractivity contribution >= 4 is 17.3 Å². The van der Waals surface area contributed by atoms with Crippen molar-refractivity contribution in [3.8, 4) is 0 Å². The largest absolute Gasteiger partial charge is 0.293 e. The van der Waals surface area contributed by atoms with E-state index < -0.39 is 0 Å². The van der Waals surface area contributed by atoms with Gasteiger partial charge in [-0.05, 0) is 48.6 Å². The first kappa shape index (κ1) is 11.9. The first-order valence-electron chi connectivity index (χ1n) is 5.15. The average Bonchev–Trinajstić information content (AvgIpc) is 2.68. The van der Waals surface area contributed by atoms with E-state index in [9.17, 15) is 9.18 Å². The van der Waals surface area contributed by atoms with Gasteiger partial charge in [0.25, 0.3) is 0 Å². The second-order valence-corrected chi connectivity index (χ2v) is 4.61. The number of hydrogen-bond donors (Lipinski definition) is 0. The Labute approximate surface area is 102 Å². The molecule has 5 heteroatoms. The lowest BCUT2D eigenvalue weighted by atomic mass is 10.0. The zero-order valence-electron chi connectivity index (χ0n) is 9.53. The second-order valence-electron chi connectivity index (χ2n) is 3.86. The van der Waals surface area contributed by atoms with Crippen LogP contribution in [0.1, 0.15) is 26.5 Å². The summed E-state index contributed by atoms with van der Waals surface area (Å²) in [6.45, 7) is 3.55. The van der Waals surface area contributed by atoms with Crippen LogP contribution in [-0.2, 0) is 6.42 Å². The lowest BCUT2D eigenvalue weighted by molar-refractivity contribution is 0.0996. The number of nitrogens with zero attached hydrogens (tertiary/aromatic N) is 2. The Morgan fingerprint density at radius 1 is 1.41 bits per heavy atom. The molecule has 1 aromatic heterocycles. The molecule has 0 spiro atoms. The Bertz CT molecular complexity index is 565. The van der Waals surface area contributed by atoms with Gasteiger partial charge in [0, 0.05) is 6.42 Å². The molecule has 0 fully saturated rings. The predicted octanol–water partition coefficient (Wildman–Crippen LogP) is 2.72. The van der Waals surface area contributed by atoms with E-state index in [2.05, 4.69) is 9.59 Å². The first-order valence-corrected chi connectivity index (χ1v) is 5.92. The third-order valence-corrected chi connectivity index (χ3v) is 3.43. The average molecular weight is 250 g/mol. The van der Waals surface area contributed by atoms with Crippen LogP contribution in [0.3, 0.4) is 0 Å². The molecule has 0 bridgehead atoms. The number of aromatic nitrogens is 2. The fourth-order valence-electron chi connectivity index (χ4n) is 1.60. The van der Waals surface area contributed by atoms with Crippen molar-refractivity contribution in [1.82, 2.24) is 9.59 Å². The molecule has 0 aliphatic heterocycles. The minimum absolute atomic E-state index is 0.0211. The number of benzene rings is 1. The fraction of sp³-hybridized carbons (Fsp3) is 0.250. The number of aryl methyl sites for hydroxylation is 2. The van der Waals surface area contributed by atoms with E-state index in [1.54, 1.807) is 19.9 Å². The molecule has 0 aliphatic rings. The monoisotopic (exact) mass is 250 g/mol. The molecule has 0 aliphatic carbocycles. The smallest absolute Gasteiger partial charge is 0.180 e. The molecule has 2 rings (SSSR count). The summed E-state index contributed by atoms with van der Waals surface area (Å²) in [5.41, 5.74) is 2.28. The van der Waals surface area contributed by atoms with Crippen LogP contribution in [-0.4, -0.2) is 15.4 Å². The topological polar surface area (TPSA) is 42.9 Å². The summed E-state index contributed by atoms with van der Waals surface area (Å²) < 4.78 is 16.7. The van der Waals surface area contributed by atoms with E-state index in [1.807, 2.05) is 0 Å². The molecule has 0 radical (unpaired) electrons. The summed E-state index contributed by atoms with van der Waals surface area (Å²) in [6, 6.07) is 4.44. The summed E-state index contributed by atoms with van der Waals surface area (Å²) in [5.74, 6) is -0.304. The molecule has 0 amide bonds. The van der Waals surface area contributed by atoms with E-state index >= 15 is 0 Å². The minimum Gasteiger partial charge on any atom is -0.293 e. The molecule has 17 heavy (non-hydrogen) atoms. The van der Waals surface area contributed by atoms with Crippen LogP contribution in [0, 0.1) is 19.7 Å². The zero-order valence-corrected chi connectivity index (χ0v) is 10.3. The predicted molar refractivity (Wildman–Crippen MR) is 63.8 cm³/mol. The highest BCUT2D eigenvalue weighted by Gasteiger charge is 2.14. The summed E-state index contributed by atoms with van der Waals surface area (Å²) in [4.78, 5) is 12.5. The van der Waals surface area contributed by atoms with Crippen molar-refractivity contribution in [2.75, 3.05) is 0 Å². The van der Waals surface area contributed by atoms with Gasteiger partial charge >= 0.3 is 0 Å². The Morgan fingerprint density at radius 2 is 2.18 bits per heavy atom. The molecule has 0 saturated carbocycles. The normalized spacial score (nSPS) is 10.5. The van der Waals surface area contributed by atoms with Gasteiger partial charge in [0.2, 0.25) is 0 Å². The summed E-state index contributed by atoms with van der Waals surface area (Å²) in [6.07, 6.45) is 0.261. The fourth-order valence-corrected chi connectivity index (χ4v) is 2.19. The van der Waals surface area contributed by atoms with Gasteiger partial charge in [-0.1, -0.05) is 10.6 Å². The Kier molecular flexibility index (Phi) is 3.28. The number of halogens is 1. The number of carbonyl (C=O) groups is 1. The molecular formula is C12H11FN2OS. The number of hydrogen-bond acceptors (Lipinski definition) is 4. The second kappa shape index (κ2) is 4.71. The summed E-state index contributed by atoms with van der Waals surface area (Å²) >= 11 is 1.10. The van der Waals surface area contributed by atoms with Crippen LogP contribution in [0.15, 0.2) is 18.2 Å². The van der Waals surface area contributed by atoms with Crippen molar-refractivity contribution in [2.24, 2.45) is 0 Å². The van der Waals surface area contributed by atoms with Gasteiger partial charge in [0.15, 0.2) is 5.78 Å². The lowest BCUT2D eigenvalue weighted by Crippen LogP contribution is -2.04. The standard InChI is InChI=1S/C12H11FN2OS/c1-7-5-10(13)4-3-9(7)6-11(16)12-8(2)14-15-17-12/h3-5H,6H2,1-2H3. The van der Waals surface area contributed by atoms with Crippen LogP contribution in [0.2, 0.25) is 0 Å². The molecule has 1 heterocycles. The van der Waals surface area contributed by atoms with Crippen molar-refractivity contribution < 1.29 is 9.18 Å². The third kappa shape index (κ3) is 2.55. The number of Topliss-reactive ketones (excluding diaryl/α,β-unsaturated/α-hetero) is 1. The third-order valence-electron chi connectivity index (χ3n) is 2.56. The van der Waals surface area contributed by atoms with Gasteiger partial charge in [-0.2, -0.15) is 0 Å². The molecule has 88 valence electrons. The van der Waals surface area contributed by atoms with E-state index in [1.165, 1.54) is 12.1 Å². The highest BCUT2D eigenvalue weighted by molar-refractivity contribution is 7.08. The van der Waals surface area contributed by atoms with Crippen LogP contribution >= 0.6 is 11.5 Å². The molecule has 0 atom stereocenters. The molecule has 2 aromatic rings. The van der Waals surface area contributed by atoms with Gasteiger partial charge in [0.1, 0.15) is 10.7 Å². The zero-order chi connectivity index (χ0) is 12.4. The quantitative estimate of drug-likeness (QED) is 0.787. The first-order chi connectivity index (χ1) is 8.08. The molecule has 1 aromatic carbocycles. The Morgan fingerprint density at radius 3 is 2.76 bits per heavy atom. The maximum absolute atomic E-state index is 12.9. The summed E-state index contributed by atoms with van der Waals surface area (Å²) in [5, 5.41) is 3.80. The number of rotatable bonds is 3. The number of ketones is 1. The Balaban J connectivity index is 2.22. The van der Waals surface area contributed by atoms with E-state index in [0.717, 1.165) is 22.7 Å². The molecule has 0 unspecified atom stereocenters. The van der Waals surface area contributed by atoms with E-state index in [-0.39, 0.29) is 18.0 Å². The highest BCUT2D eigenvalue weighted by Crippen LogP contribution is 2.16. The maximum atomic E-state index is 12.9. The van der Waals surface area contributed by atoms with Crippen LogP contribution in [0.4, 0.5) is 4.39 Å². The molecule has 0 saturated heterocycles. The lowest BCUT2D eigenvalue weighted by Gasteiger charge is -2.04. The molecule has 3 nitrogen and oxygen atoms in total. The highest BCUT2D eigenvalue weighted by atomic mass is 32.1. The number of carbonyl (C=O) groups excluding carboxylic acids is 1. The minimum atomic E-state index is -0.283. The van der Waals surface area contributed by atoms with Gasteiger partial charge in [0.05, 0.1) is 5.69 Å². The van der Waals surface area contributed by atoms with Crippen molar-refractivity contribution in [1.29, 1.82) is 0 Å². The van der Waals surface area contributed by atoms with Gasteiger partial charge in [-0.15, -0.1) is 5.10 Å². The van der Waals surface area contributed by atoms with Crippen LogP contribution < -0.4 is 0 Å². The summed E-state index contributed by atoms with van der Waals surface area (Å²) in [7, 11) is 0. The van der Waals surface area contributed by atoms with Crippen molar-refractivity contribution in [3.63, 3.8) is 0 Å².